The molecule has 0 aliphatic heterocycles. The lowest BCUT2D eigenvalue weighted by atomic mass is 10.0. The third-order valence-electron chi connectivity index (χ3n) is 5.89. The summed E-state index contributed by atoms with van der Waals surface area (Å²) in [7, 11) is 6.27. The fourth-order valence-corrected chi connectivity index (χ4v) is 3.74. The van der Waals surface area contributed by atoms with Gasteiger partial charge in [0, 0.05) is 25.7 Å². The van der Waals surface area contributed by atoms with E-state index in [1.54, 1.807) is 9.80 Å². The molecule has 0 aromatic heterocycles. The van der Waals surface area contributed by atoms with Gasteiger partial charge < -0.3 is 23.7 Å². The number of esters is 5. The Kier molecular flexibility index (Phi) is 16.0. The fraction of sp³-hybridized carbons (Fsp3) is 0.577. The largest absolute Gasteiger partial charge is 0.468 e. The number of rotatable bonds is 18. The first-order valence-corrected chi connectivity index (χ1v) is 12.2. The highest BCUT2D eigenvalue weighted by Gasteiger charge is 2.28. The molecule has 0 N–H and O–H groups in total. The molecule has 1 rings (SSSR count). The van der Waals surface area contributed by atoms with Crippen LogP contribution < -0.4 is 0 Å². The minimum absolute atomic E-state index is 0.115. The Hall–Kier alpha value is -3.55. The molecular formula is C26H39N3O10. The Labute approximate surface area is 228 Å². The molecular weight excluding hydrogens is 514 g/mol. The number of ether oxygens (including phenoxy) is 5. The number of benzene rings is 1. The number of hydrogen-bond acceptors (Lipinski definition) is 13. The molecule has 39 heavy (non-hydrogen) atoms. The van der Waals surface area contributed by atoms with Gasteiger partial charge in [-0.1, -0.05) is 30.3 Å². The highest BCUT2D eigenvalue weighted by molar-refractivity contribution is 5.75. The molecule has 0 aliphatic carbocycles. The van der Waals surface area contributed by atoms with Crippen molar-refractivity contribution >= 4 is 29.8 Å². The lowest BCUT2D eigenvalue weighted by molar-refractivity contribution is -0.148. The number of carbonyl (C=O) groups is 5. The van der Waals surface area contributed by atoms with Gasteiger partial charge in [-0.25, -0.2) is 0 Å². The van der Waals surface area contributed by atoms with E-state index in [0.717, 1.165) is 5.56 Å². The zero-order chi connectivity index (χ0) is 29.2. The summed E-state index contributed by atoms with van der Waals surface area (Å²) < 4.78 is 24.0. The molecule has 1 atom stereocenters. The Morgan fingerprint density at radius 3 is 1.41 bits per heavy atom. The third kappa shape index (κ3) is 13.7. The van der Waals surface area contributed by atoms with Crippen LogP contribution in [0.15, 0.2) is 30.3 Å². The molecule has 0 spiro atoms. The molecule has 13 heteroatoms. The molecule has 13 nitrogen and oxygen atoms in total. The van der Waals surface area contributed by atoms with Crippen LogP contribution in [0.2, 0.25) is 0 Å². The first-order chi connectivity index (χ1) is 18.6. The van der Waals surface area contributed by atoms with Crippen LogP contribution in [-0.4, -0.2) is 138 Å². The van der Waals surface area contributed by atoms with E-state index < -0.39 is 35.9 Å². The zero-order valence-electron chi connectivity index (χ0n) is 23.3. The Morgan fingerprint density at radius 1 is 0.590 bits per heavy atom. The van der Waals surface area contributed by atoms with Crippen LogP contribution in [0.4, 0.5) is 0 Å². The molecule has 0 fully saturated rings. The van der Waals surface area contributed by atoms with E-state index in [0.29, 0.717) is 6.42 Å². The highest BCUT2D eigenvalue weighted by atomic mass is 16.5. The van der Waals surface area contributed by atoms with Gasteiger partial charge in [-0.05, 0) is 12.0 Å². The molecule has 0 saturated carbocycles. The Balaban J connectivity index is 3.28. The van der Waals surface area contributed by atoms with Gasteiger partial charge in [0.25, 0.3) is 0 Å². The van der Waals surface area contributed by atoms with Crippen molar-refractivity contribution in [2.45, 2.75) is 12.5 Å². The summed E-state index contributed by atoms with van der Waals surface area (Å²) in [4.78, 5) is 65.5. The maximum Gasteiger partial charge on any atom is 0.319 e. The van der Waals surface area contributed by atoms with Gasteiger partial charge in [0.2, 0.25) is 0 Å². The van der Waals surface area contributed by atoms with Crippen molar-refractivity contribution in [2.75, 3.05) is 87.9 Å². The predicted octanol–water partition coefficient (Wildman–Crippen LogP) is -0.631. The standard InChI is InChI=1S/C26H39N3O10/c1-35-22(30)15-27(11-12-28(16-23(31)36-2)17-24(32)37-3)14-21(13-20-9-7-6-8-10-20)29(18-25(33)38-4)19-26(34)39-5/h6-10,21H,11-19H2,1-5H3. The van der Waals surface area contributed by atoms with Crippen LogP contribution in [0.1, 0.15) is 5.56 Å². The van der Waals surface area contributed by atoms with Crippen LogP contribution >= 0.6 is 0 Å². The van der Waals surface area contributed by atoms with E-state index >= 15 is 0 Å². The van der Waals surface area contributed by atoms with E-state index in [-0.39, 0.29) is 52.4 Å². The minimum Gasteiger partial charge on any atom is -0.468 e. The lowest BCUT2D eigenvalue weighted by Gasteiger charge is -2.35. The van der Waals surface area contributed by atoms with Gasteiger partial charge in [-0.3, -0.25) is 38.7 Å². The van der Waals surface area contributed by atoms with Crippen LogP contribution in [0.25, 0.3) is 0 Å². The van der Waals surface area contributed by atoms with Gasteiger partial charge in [0.15, 0.2) is 0 Å². The van der Waals surface area contributed by atoms with Crippen LogP contribution in [0, 0.1) is 0 Å². The summed E-state index contributed by atoms with van der Waals surface area (Å²) in [6.45, 7) is -0.160. The number of hydrogen-bond donors (Lipinski definition) is 0. The zero-order valence-corrected chi connectivity index (χ0v) is 23.3. The maximum absolute atomic E-state index is 12.3. The van der Waals surface area contributed by atoms with Crippen LogP contribution in [-0.2, 0) is 54.1 Å². The minimum atomic E-state index is -0.543. The first kappa shape index (κ1) is 33.5. The predicted molar refractivity (Wildman–Crippen MR) is 138 cm³/mol. The molecule has 0 bridgehead atoms. The third-order valence-corrected chi connectivity index (χ3v) is 5.89. The second kappa shape index (κ2) is 18.7. The first-order valence-electron chi connectivity index (χ1n) is 12.2. The van der Waals surface area contributed by atoms with Gasteiger partial charge in [-0.2, -0.15) is 0 Å². The van der Waals surface area contributed by atoms with Crippen molar-refractivity contribution in [3.63, 3.8) is 0 Å². The molecule has 0 heterocycles. The monoisotopic (exact) mass is 553 g/mol. The summed E-state index contributed by atoms with van der Waals surface area (Å²) in [5, 5.41) is 0. The molecule has 1 aromatic carbocycles. The summed E-state index contributed by atoms with van der Waals surface area (Å²) in [6.07, 6.45) is 0.431. The van der Waals surface area contributed by atoms with Gasteiger partial charge in [0.1, 0.15) is 0 Å². The van der Waals surface area contributed by atoms with Gasteiger partial charge >= 0.3 is 29.8 Å². The number of carbonyl (C=O) groups excluding carboxylic acids is 5. The summed E-state index contributed by atoms with van der Waals surface area (Å²) >= 11 is 0. The van der Waals surface area contributed by atoms with E-state index in [9.17, 15) is 24.0 Å². The Bertz CT molecular complexity index is 892. The Morgan fingerprint density at radius 2 is 0.974 bits per heavy atom. The van der Waals surface area contributed by atoms with Crippen molar-refractivity contribution < 1.29 is 47.7 Å². The van der Waals surface area contributed by atoms with E-state index in [1.165, 1.54) is 40.4 Å². The van der Waals surface area contributed by atoms with Crippen molar-refractivity contribution in [3.05, 3.63) is 35.9 Å². The maximum atomic E-state index is 12.3. The quantitative estimate of drug-likeness (QED) is 0.168. The van der Waals surface area contributed by atoms with Crippen molar-refractivity contribution in [1.29, 1.82) is 0 Å². The summed E-state index contributed by atoms with van der Waals surface area (Å²) in [5.41, 5.74) is 0.943. The normalized spacial score (nSPS) is 11.7. The molecule has 218 valence electrons. The fourth-order valence-electron chi connectivity index (χ4n) is 3.74. The molecule has 0 amide bonds. The van der Waals surface area contributed by atoms with Gasteiger partial charge in [-0.15, -0.1) is 0 Å². The molecule has 1 unspecified atom stereocenters. The number of methoxy groups -OCH3 is 5. The van der Waals surface area contributed by atoms with Crippen molar-refractivity contribution in [1.82, 2.24) is 14.7 Å². The highest BCUT2D eigenvalue weighted by Crippen LogP contribution is 2.13. The molecule has 0 aliphatic rings. The molecule has 1 aromatic rings. The van der Waals surface area contributed by atoms with Crippen LogP contribution in [0.5, 0.6) is 0 Å². The summed E-state index contributed by atoms with van der Waals surface area (Å²) in [5.74, 6) is -2.67. The second-order valence-corrected chi connectivity index (χ2v) is 8.57. The van der Waals surface area contributed by atoms with Crippen molar-refractivity contribution in [3.8, 4) is 0 Å². The van der Waals surface area contributed by atoms with Crippen molar-refractivity contribution in [2.24, 2.45) is 0 Å². The van der Waals surface area contributed by atoms with E-state index in [1.807, 2.05) is 30.3 Å². The SMILES string of the molecule is COC(=O)CN(CCN(CC(=O)OC)CC(Cc1ccccc1)N(CC(=O)OC)CC(=O)OC)CC(=O)OC. The van der Waals surface area contributed by atoms with E-state index in [4.69, 9.17) is 23.7 Å². The van der Waals surface area contributed by atoms with Crippen LogP contribution in [0.3, 0.4) is 0 Å². The summed E-state index contributed by atoms with van der Waals surface area (Å²) in [6, 6.07) is 9.02. The smallest absolute Gasteiger partial charge is 0.319 e. The molecule has 0 radical (unpaired) electrons. The lowest BCUT2D eigenvalue weighted by Crippen LogP contribution is -2.51. The van der Waals surface area contributed by atoms with E-state index in [2.05, 4.69) is 0 Å². The average molecular weight is 554 g/mol. The van der Waals surface area contributed by atoms with Gasteiger partial charge in [0.05, 0.1) is 68.3 Å². The molecule has 0 saturated heterocycles. The number of nitrogens with zero attached hydrogens (tertiary/aromatic N) is 3. The average Bonchev–Trinajstić information content (AvgIpc) is 2.94. The topological polar surface area (TPSA) is 141 Å². The second-order valence-electron chi connectivity index (χ2n) is 8.57.